The fraction of sp³-hybridized carbons (Fsp3) is 0.167. The summed E-state index contributed by atoms with van der Waals surface area (Å²) in [5, 5.41) is -0.257. The van der Waals surface area contributed by atoms with E-state index in [9.17, 15) is 0 Å². The van der Waals surface area contributed by atoms with Gasteiger partial charge in [-0.25, -0.2) is 4.98 Å². The SMILES string of the molecule is [2H]c1c(Cl)[15n]c([13C](Cl)(Cl)Cl)c([2H])c1[2H]. The first-order chi connectivity index (χ1) is 6.25. The second-order valence-electron chi connectivity index (χ2n) is 1.62. The molecule has 0 saturated heterocycles. The van der Waals surface area contributed by atoms with Gasteiger partial charge in [0, 0.05) is 0 Å². The highest BCUT2D eigenvalue weighted by Crippen LogP contribution is 2.36. The Labute approximate surface area is 88.4 Å². The molecule has 0 radical (unpaired) electrons. The summed E-state index contributed by atoms with van der Waals surface area (Å²) in [4.78, 5) is 3.58. The van der Waals surface area contributed by atoms with Crippen LogP contribution < -0.4 is 0 Å². The Morgan fingerprint density at radius 2 is 2.00 bits per heavy atom. The van der Waals surface area contributed by atoms with Crippen LogP contribution in [0.1, 0.15) is 9.81 Å². The fourth-order valence-electron chi connectivity index (χ4n) is 0.430. The minimum absolute atomic E-state index is 0.242. The normalized spacial score (nSPS) is 15.5. The van der Waals surface area contributed by atoms with Gasteiger partial charge >= 0.3 is 0 Å². The van der Waals surface area contributed by atoms with Gasteiger partial charge in [0.2, 0.25) is 3.79 Å². The molecule has 0 amide bonds. The molecule has 0 N–H and O–H groups in total. The number of rotatable bonds is 0. The average molecular weight is 236 g/mol. The average Bonchev–Trinajstić information content (AvgIpc) is 2.06. The van der Waals surface area contributed by atoms with Crippen molar-refractivity contribution in [3.63, 3.8) is 0 Å². The molecule has 60 valence electrons. The smallest absolute Gasteiger partial charge is 0.232 e. The molecule has 5 heteroatoms. The maximum Gasteiger partial charge on any atom is 0.232 e. The van der Waals surface area contributed by atoms with Crippen LogP contribution in [0.4, 0.5) is 0 Å². The van der Waals surface area contributed by atoms with Gasteiger partial charge in [-0.3, -0.25) is 0 Å². The second-order valence-corrected chi connectivity index (χ2v) is 4.26. The van der Waals surface area contributed by atoms with E-state index in [1.807, 2.05) is 0 Å². The summed E-state index contributed by atoms with van der Waals surface area (Å²) in [6.45, 7) is 0. The van der Waals surface area contributed by atoms with Crippen LogP contribution in [0, 0.1) is 0 Å². The summed E-state index contributed by atoms with van der Waals surface area (Å²) in [6, 6.07) is -1.17. The molecule has 1 rings (SSSR count). The predicted molar refractivity (Wildman–Crippen MR) is 48.5 cm³/mol. The van der Waals surface area contributed by atoms with E-state index >= 15 is 0 Å². The molecule has 11 heavy (non-hydrogen) atoms. The quantitative estimate of drug-likeness (QED) is 0.381. The number of pyridine rings is 1. The Balaban J connectivity index is 3.49. The lowest BCUT2D eigenvalue weighted by atomic mass is 10.5. The van der Waals surface area contributed by atoms with Gasteiger partial charge in [-0.05, 0) is 12.1 Å². The van der Waals surface area contributed by atoms with Crippen LogP contribution in [0.25, 0.3) is 0 Å². The first-order valence-corrected chi connectivity index (χ1v) is 3.97. The number of alkyl halides is 3. The Morgan fingerprint density at radius 3 is 2.55 bits per heavy atom. The molecule has 0 spiro atoms. The van der Waals surface area contributed by atoms with E-state index in [2.05, 4.69) is 4.98 Å². The summed E-state index contributed by atoms with van der Waals surface area (Å²) >= 11 is 22.0. The molecular formula is C6H3Cl4N. The number of halogens is 4. The summed E-state index contributed by atoms with van der Waals surface area (Å²) in [5.41, 5.74) is -0.242. The van der Waals surface area contributed by atoms with E-state index in [-0.39, 0.29) is 16.9 Å². The molecule has 1 nitrogen and oxygen atoms in total. The number of hydrogen-bond donors (Lipinski definition) is 0. The molecule has 0 fully saturated rings. The summed E-state index contributed by atoms with van der Waals surface area (Å²) < 4.78 is 20.1. The molecule has 0 saturated carbocycles. The standard InChI is InChI=1S/C6H3Cl4N/c7-5-3-1-2-4(11-5)6(8,9)10/h1-3H/i1D,2D,3D,6+1,11+1. The highest BCUT2D eigenvalue weighted by Gasteiger charge is 2.24. The first-order valence-electron chi connectivity index (χ1n) is 3.95. The van der Waals surface area contributed by atoms with Crippen LogP contribution in [-0.4, -0.2) is 4.98 Å². The Bertz CT molecular complexity index is 376. The monoisotopic (exact) mass is 234 g/mol. The zero-order valence-corrected chi connectivity index (χ0v) is 7.98. The molecular weight excluding hydrogens is 230 g/mol. The lowest BCUT2D eigenvalue weighted by Crippen LogP contribution is -2.02. The van der Waals surface area contributed by atoms with Crippen molar-refractivity contribution < 1.29 is 4.11 Å². The molecule has 0 aliphatic carbocycles. The van der Waals surface area contributed by atoms with Crippen LogP contribution >= 0.6 is 46.4 Å². The molecule has 1 aromatic heterocycles. The Morgan fingerprint density at radius 1 is 1.36 bits per heavy atom. The third-order valence-corrected chi connectivity index (χ3v) is 1.54. The van der Waals surface area contributed by atoms with Crippen molar-refractivity contribution in [2.45, 2.75) is 3.79 Å². The van der Waals surface area contributed by atoms with E-state index in [1.54, 1.807) is 0 Å². The van der Waals surface area contributed by atoms with Crippen LogP contribution in [0.15, 0.2) is 18.1 Å². The number of nitrogens with zero attached hydrogens (tertiary/aromatic N) is 1. The van der Waals surface area contributed by atoms with E-state index in [0.29, 0.717) is 0 Å². The topological polar surface area (TPSA) is 12.9 Å². The summed E-state index contributed by atoms with van der Waals surface area (Å²) in [5.74, 6) is 0. The van der Waals surface area contributed by atoms with Crippen LogP contribution in [-0.2, 0) is 3.79 Å². The van der Waals surface area contributed by atoms with Gasteiger partial charge < -0.3 is 0 Å². The number of aromatic nitrogens is 1. The lowest BCUT2D eigenvalue weighted by molar-refractivity contribution is 1.09. The predicted octanol–water partition coefficient (Wildman–Crippen LogP) is 3.56. The molecule has 0 bridgehead atoms. The van der Waals surface area contributed by atoms with Crippen LogP contribution in [0.3, 0.4) is 0 Å². The molecule has 0 aliphatic heterocycles. The van der Waals surface area contributed by atoms with Crippen molar-refractivity contribution >= 4 is 46.4 Å². The van der Waals surface area contributed by atoms with Crippen molar-refractivity contribution in [2.75, 3.05) is 0 Å². The Kier molecular flexibility index (Phi) is 1.79. The number of hydrogen-bond acceptors (Lipinski definition) is 1. The molecule has 1 heterocycles. The highest BCUT2D eigenvalue weighted by atomic mass is 35.6. The van der Waals surface area contributed by atoms with E-state index in [1.165, 1.54) is 0 Å². The molecule has 0 aromatic carbocycles. The summed E-state index contributed by atoms with van der Waals surface area (Å²) in [6.07, 6.45) is 0. The fourth-order valence-corrected chi connectivity index (χ4v) is 0.831. The highest BCUT2D eigenvalue weighted by molar-refractivity contribution is 6.66. The molecule has 0 unspecified atom stereocenters. The third kappa shape index (κ3) is 2.68. The van der Waals surface area contributed by atoms with Gasteiger partial charge in [-0.2, -0.15) is 0 Å². The molecule has 1 aromatic rings. The van der Waals surface area contributed by atoms with Gasteiger partial charge in [0.1, 0.15) is 5.15 Å². The minimum atomic E-state index is -1.91. The molecule has 0 atom stereocenters. The van der Waals surface area contributed by atoms with Crippen molar-refractivity contribution in [2.24, 2.45) is 0 Å². The maximum absolute atomic E-state index is 7.41. The second kappa shape index (κ2) is 3.36. The zero-order valence-electron chi connectivity index (χ0n) is 7.96. The van der Waals surface area contributed by atoms with Crippen LogP contribution in [0.2, 0.25) is 5.15 Å². The Hall–Kier alpha value is 0.310. The largest absolute Gasteiger partial charge is 0.237 e. The van der Waals surface area contributed by atoms with Crippen molar-refractivity contribution in [1.29, 1.82) is 0 Å². The molecule has 0 aliphatic rings. The van der Waals surface area contributed by atoms with E-state index < -0.39 is 15.9 Å². The maximum atomic E-state index is 7.41. The minimum Gasteiger partial charge on any atom is -0.237 e. The van der Waals surface area contributed by atoms with Gasteiger partial charge in [0.15, 0.2) is 0 Å². The van der Waals surface area contributed by atoms with Gasteiger partial charge in [0.25, 0.3) is 0 Å². The van der Waals surface area contributed by atoms with Crippen molar-refractivity contribution in [3.05, 3.63) is 29.0 Å². The zero-order chi connectivity index (χ0) is 11.1. The van der Waals surface area contributed by atoms with Crippen LogP contribution in [0.5, 0.6) is 0 Å². The van der Waals surface area contributed by atoms with Gasteiger partial charge in [-0.15, -0.1) is 0 Å². The van der Waals surface area contributed by atoms with E-state index in [4.69, 9.17) is 50.5 Å². The van der Waals surface area contributed by atoms with Crippen molar-refractivity contribution in [3.8, 4) is 0 Å². The lowest BCUT2D eigenvalue weighted by Gasteiger charge is -2.08. The van der Waals surface area contributed by atoms with Crippen molar-refractivity contribution in [1.82, 2.24) is 4.98 Å². The van der Waals surface area contributed by atoms with E-state index in [0.717, 1.165) is 0 Å². The van der Waals surface area contributed by atoms with Gasteiger partial charge in [0.05, 0.1) is 9.81 Å². The third-order valence-electron chi connectivity index (χ3n) is 0.825. The summed E-state index contributed by atoms with van der Waals surface area (Å²) in [7, 11) is 0. The van der Waals surface area contributed by atoms with Gasteiger partial charge in [-0.1, -0.05) is 52.4 Å². The first kappa shape index (κ1) is 5.87.